The van der Waals surface area contributed by atoms with Crippen LogP contribution in [-0.4, -0.2) is 17.7 Å². The van der Waals surface area contributed by atoms with Crippen molar-refractivity contribution in [3.63, 3.8) is 0 Å². The average Bonchev–Trinajstić information content (AvgIpc) is 3.42. The molecule has 0 aliphatic heterocycles. The van der Waals surface area contributed by atoms with Gasteiger partial charge in [0, 0.05) is 6.54 Å². The highest BCUT2D eigenvalue weighted by atomic mass is 16.4. The third-order valence-corrected chi connectivity index (χ3v) is 4.49. The van der Waals surface area contributed by atoms with Crippen molar-refractivity contribution in [1.82, 2.24) is 10.6 Å². The Bertz CT molecular complexity index is 1060. The van der Waals surface area contributed by atoms with Crippen LogP contribution in [0, 0.1) is 0 Å². The lowest BCUT2D eigenvalue weighted by atomic mass is 10.0. The van der Waals surface area contributed by atoms with Gasteiger partial charge in [0.1, 0.15) is 11.9 Å². The van der Waals surface area contributed by atoms with Crippen molar-refractivity contribution in [2.24, 2.45) is 0 Å². The lowest BCUT2D eigenvalue weighted by Crippen LogP contribution is -2.37. The molecule has 0 spiro atoms. The monoisotopic (exact) mass is 376 g/mol. The molecule has 0 fully saturated rings. The zero-order chi connectivity index (χ0) is 19.3. The molecule has 2 amide bonds. The summed E-state index contributed by atoms with van der Waals surface area (Å²) in [5.41, 5.74) is 1.03. The van der Waals surface area contributed by atoms with E-state index in [0.29, 0.717) is 23.8 Å². The highest BCUT2D eigenvalue weighted by molar-refractivity contribution is 5.86. The summed E-state index contributed by atoms with van der Waals surface area (Å²) in [6.45, 7) is 0.430. The van der Waals surface area contributed by atoms with Crippen molar-refractivity contribution >= 4 is 16.8 Å². The number of amides is 2. The lowest BCUT2D eigenvalue weighted by Gasteiger charge is -2.12. The summed E-state index contributed by atoms with van der Waals surface area (Å²) in [5, 5.41) is 17.9. The van der Waals surface area contributed by atoms with E-state index in [4.69, 9.17) is 8.83 Å². The Balaban J connectivity index is 1.30. The van der Waals surface area contributed by atoms with E-state index in [9.17, 15) is 9.90 Å². The molecule has 1 unspecified atom stereocenters. The number of rotatable bonds is 6. The molecule has 4 rings (SSSR count). The second-order valence-corrected chi connectivity index (χ2v) is 6.40. The van der Waals surface area contributed by atoms with Crippen molar-refractivity contribution in [3.05, 3.63) is 84.3 Å². The van der Waals surface area contributed by atoms with Crippen LogP contribution < -0.4 is 10.6 Å². The molecule has 4 aromatic rings. The van der Waals surface area contributed by atoms with Gasteiger partial charge in [-0.2, -0.15) is 0 Å². The molecular formula is C22H20N2O4. The number of aliphatic hydroxyl groups is 1. The molecule has 0 bridgehead atoms. The Morgan fingerprint density at radius 3 is 2.64 bits per heavy atom. The molecule has 2 heterocycles. The summed E-state index contributed by atoms with van der Waals surface area (Å²) in [5.74, 6) is 1.47. The second-order valence-electron chi connectivity index (χ2n) is 6.40. The fourth-order valence-electron chi connectivity index (χ4n) is 3.06. The van der Waals surface area contributed by atoms with E-state index in [0.717, 1.165) is 16.3 Å². The zero-order valence-electron chi connectivity index (χ0n) is 15.1. The van der Waals surface area contributed by atoms with Gasteiger partial charge in [-0.15, -0.1) is 0 Å². The van der Waals surface area contributed by atoms with Crippen LogP contribution in [0.15, 0.2) is 81.8 Å². The van der Waals surface area contributed by atoms with Gasteiger partial charge in [-0.25, -0.2) is 4.79 Å². The minimum atomic E-state index is -0.952. The molecule has 6 nitrogen and oxygen atoms in total. The lowest BCUT2D eigenvalue weighted by molar-refractivity contribution is 0.148. The Labute approximate surface area is 161 Å². The van der Waals surface area contributed by atoms with Crippen LogP contribution in [0.1, 0.15) is 17.4 Å². The molecule has 2 aromatic carbocycles. The maximum absolute atomic E-state index is 12.1. The van der Waals surface area contributed by atoms with E-state index in [2.05, 4.69) is 10.6 Å². The van der Waals surface area contributed by atoms with E-state index in [1.165, 1.54) is 0 Å². The number of nitrogens with one attached hydrogen (secondary N) is 2. The number of carbonyl (C=O) groups is 1. The summed E-state index contributed by atoms with van der Waals surface area (Å²) in [7, 11) is 0. The van der Waals surface area contributed by atoms with Crippen molar-refractivity contribution in [3.8, 4) is 11.5 Å². The first-order chi connectivity index (χ1) is 13.7. The van der Waals surface area contributed by atoms with E-state index in [-0.39, 0.29) is 12.6 Å². The van der Waals surface area contributed by atoms with E-state index in [1.807, 2.05) is 42.5 Å². The van der Waals surface area contributed by atoms with Crippen LogP contribution in [0.3, 0.4) is 0 Å². The number of fused-ring (bicyclic) bond motifs is 1. The van der Waals surface area contributed by atoms with Gasteiger partial charge >= 0.3 is 6.03 Å². The van der Waals surface area contributed by atoms with Gasteiger partial charge < -0.3 is 24.6 Å². The SMILES string of the molecule is O=C(NCc1cccc2ccccc12)NCC(O)c1ccc(-c2ccco2)o1. The Hall–Kier alpha value is -3.51. The Morgan fingerprint density at radius 2 is 1.79 bits per heavy atom. The van der Waals surface area contributed by atoms with Crippen molar-refractivity contribution in [1.29, 1.82) is 0 Å². The van der Waals surface area contributed by atoms with Crippen molar-refractivity contribution < 1.29 is 18.7 Å². The standard InChI is InChI=1S/C22H20N2O4/c25-18(19-10-11-21(28-19)20-9-4-12-27-20)14-24-22(26)23-13-16-7-3-6-15-5-1-2-8-17(15)16/h1-12,18,25H,13-14H2,(H2,23,24,26). The first-order valence-corrected chi connectivity index (χ1v) is 9.01. The number of hydrogen-bond acceptors (Lipinski definition) is 4. The third-order valence-electron chi connectivity index (χ3n) is 4.49. The minimum absolute atomic E-state index is 0.0342. The van der Waals surface area contributed by atoms with E-state index < -0.39 is 6.10 Å². The second kappa shape index (κ2) is 8.02. The maximum atomic E-state index is 12.1. The summed E-state index contributed by atoms with van der Waals surface area (Å²) in [6, 6.07) is 20.6. The minimum Gasteiger partial charge on any atom is -0.461 e. The highest BCUT2D eigenvalue weighted by Gasteiger charge is 2.15. The quantitative estimate of drug-likeness (QED) is 0.470. The Morgan fingerprint density at radius 1 is 0.929 bits per heavy atom. The molecule has 0 aliphatic carbocycles. The molecule has 3 N–H and O–H groups in total. The molecule has 1 atom stereocenters. The third kappa shape index (κ3) is 3.92. The van der Waals surface area contributed by atoms with E-state index in [1.54, 1.807) is 30.5 Å². The topological polar surface area (TPSA) is 87.6 Å². The molecule has 142 valence electrons. The van der Waals surface area contributed by atoms with Crippen LogP contribution in [0.5, 0.6) is 0 Å². The van der Waals surface area contributed by atoms with Gasteiger partial charge in [0.2, 0.25) is 0 Å². The van der Waals surface area contributed by atoms with Crippen LogP contribution in [0.4, 0.5) is 4.79 Å². The molecule has 0 saturated heterocycles. The average molecular weight is 376 g/mol. The smallest absolute Gasteiger partial charge is 0.315 e. The maximum Gasteiger partial charge on any atom is 0.315 e. The molecule has 0 saturated carbocycles. The molecule has 2 aromatic heterocycles. The fraction of sp³-hybridized carbons (Fsp3) is 0.136. The number of benzene rings is 2. The molecule has 0 radical (unpaired) electrons. The number of aliphatic hydroxyl groups excluding tert-OH is 1. The summed E-state index contributed by atoms with van der Waals surface area (Å²) in [4.78, 5) is 12.1. The first-order valence-electron chi connectivity index (χ1n) is 9.01. The molecular weight excluding hydrogens is 356 g/mol. The number of hydrogen-bond donors (Lipinski definition) is 3. The van der Waals surface area contributed by atoms with Gasteiger partial charge in [-0.1, -0.05) is 42.5 Å². The Kier molecular flexibility index (Phi) is 5.12. The van der Waals surface area contributed by atoms with Crippen LogP contribution in [0.25, 0.3) is 22.3 Å². The summed E-state index contributed by atoms with van der Waals surface area (Å²) < 4.78 is 10.8. The van der Waals surface area contributed by atoms with Gasteiger partial charge in [0.05, 0.1) is 12.8 Å². The molecule has 28 heavy (non-hydrogen) atoms. The normalized spacial score (nSPS) is 12.0. The summed E-state index contributed by atoms with van der Waals surface area (Å²) >= 11 is 0. The van der Waals surface area contributed by atoms with Crippen LogP contribution in [-0.2, 0) is 6.54 Å². The van der Waals surface area contributed by atoms with E-state index >= 15 is 0 Å². The van der Waals surface area contributed by atoms with Crippen molar-refractivity contribution in [2.45, 2.75) is 12.6 Å². The number of furan rings is 2. The van der Waals surface area contributed by atoms with Crippen LogP contribution >= 0.6 is 0 Å². The number of urea groups is 1. The van der Waals surface area contributed by atoms with Gasteiger partial charge in [-0.05, 0) is 40.6 Å². The predicted molar refractivity (Wildman–Crippen MR) is 106 cm³/mol. The fourth-order valence-corrected chi connectivity index (χ4v) is 3.06. The highest BCUT2D eigenvalue weighted by Crippen LogP contribution is 2.25. The predicted octanol–water partition coefficient (Wildman–Crippen LogP) is 4.23. The summed E-state index contributed by atoms with van der Waals surface area (Å²) in [6.07, 6.45) is 0.600. The zero-order valence-corrected chi connectivity index (χ0v) is 15.1. The van der Waals surface area contributed by atoms with Gasteiger partial charge in [0.15, 0.2) is 11.5 Å². The number of carbonyl (C=O) groups excluding carboxylic acids is 1. The van der Waals surface area contributed by atoms with Crippen molar-refractivity contribution in [2.75, 3.05) is 6.54 Å². The van der Waals surface area contributed by atoms with Crippen LogP contribution in [0.2, 0.25) is 0 Å². The molecule has 0 aliphatic rings. The van der Waals surface area contributed by atoms with Gasteiger partial charge in [0.25, 0.3) is 0 Å². The van der Waals surface area contributed by atoms with Gasteiger partial charge in [-0.3, -0.25) is 0 Å². The largest absolute Gasteiger partial charge is 0.461 e. The molecule has 6 heteroatoms. The first kappa shape index (κ1) is 17.9.